The number of pyridine rings is 1. The van der Waals surface area contributed by atoms with E-state index < -0.39 is 0 Å². The monoisotopic (exact) mass is 455 g/mol. The van der Waals surface area contributed by atoms with Crippen LogP contribution < -0.4 is 4.74 Å². The minimum Gasteiger partial charge on any atom is -0.497 e. The second kappa shape index (κ2) is 9.50. The highest BCUT2D eigenvalue weighted by Crippen LogP contribution is 2.28. The van der Waals surface area contributed by atoms with Crippen molar-refractivity contribution in [1.82, 2.24) is 24.1 Å². The van der Waals surface area contributed by atoms with Crippen molar-refractivity contribution in [2.75, 3.05) is 7.11 Å². The van der Waals surface area contributed by atoms with E-state index in [1.54, 1.807) is 18.9 Å². The maximum absolute atomic E-state index is 5.31. The highest BCUT2D eigenvalue weighted by Gasteiger charge is 2.16. The van der Waals surface area contributed by atoms with E-state index in [0.717, 1.165) is 52.4 Å². The lowest BCUT2D eigenvalue weighted by molar-refractivity contribution is 0.415. The quantitative estimate of drug-likeness (QED) is 0.292. The third-order valence-electron chi connectivity index (χ3n) is 5.61. The number of thioether (sulfide) groups is 1. The van der Waals surface area contributed by atoms with Gasteiger partial charge in [0.1, 0.15) is 11.4 Å². The standard InChI is InChI=1S/C26H25N5OS/c1-19-7-6-15-30-17-22(27-24(19)30)18-33-26-29-28-25(21-10-12-23(32-2)13-11-21)31(26)16-14-20-8-4-3-5-9-20/h3-13,15,17H,14,16,18H2,1-2H3. The molecule has 0 saturated carbocycles. The molecule has 2 aromatic carbocycles. The number of hydrogen-bond donors (Lipinski definition) is 0. The number of aryl methyl sites for hydroxylation is 2. The van der Waals surface area contributed by atoms with Crippen LogP contribution in [0.3, 0.4) is 0 Å². The van der Waals surface area contributed by atoms with Crippen molar-refractivity contribution in [3.05, 3.63) is 95.9 Å². The highest BCUT2D eigenvalue weighted by atomic mass is 32.2. The van der Waals surface area contributed by atoms with Crippen molar-refractivity contribution in [3.63, 3.8) is 0 Å². The molecule has 0 radical (unpaired) electrons. The van der Waals surface area contributed by atoms with E-state index in [-0.39, 0.29) is 0 Å². The molecule has 0 fully saturated rings. The third-order valence-corrected chi connectivity index (χ3v) is 6.61. The number of methoxy groups -OCH3 is 1. The molecule has 0 bridgehead atoms. The average Bonchev–Trinajstić information content (AvgIpc) is 3.46. The van der Waals surface area contributed by atoms with Crippen LogP contribution in [0.15, 0.2) is 84.3 Å². The predicted molar refractivity (Wildman–Crippen MR) is 132 cm³/mol. The zero-order chi connectivity index (χ0) is 22.6. The molecule has 0 aliphatic carbocycles. The highest BCUT2D eigenvalue weighted by molar-refractivity contribution is 7.98. The number of rotatable bonds is 8. The smallest absolute Gasteiger partial charge is 0.191 e. The van der Waals surface area contributed by atoms with Crippen LogP contribution in [0.1, 0.15) is 16.8 Å². The van der Waals surface area contributed by atoms with Gasteiger partial charge in [0, 0.05) is 30.3 Å². The molecule has 0 spiro atoms. The SMILES string of the molecule is COc1ccc(-c2nnc(SCc3cn4cccc(C)c4n3)n2CCc2ccccc2)cc1. The van der Waals surface area contributed by atoms with Crippen molar-refractivity contribution in [3.8, 4) is 17.1 Å². The van der Waals surface area contributed by atoms with Gasteiger partial charge in [-0.25, -0.2) is 4.98 Å². The first-order valence-electron chi connectivity index (χ1n) is 10.9. The summed E-state index contributed by atoms with van der Waals surface area (Å²) in [5.41, 5.74) is 5.50. The molecule has 33 heavy (non-hydrogen) atoms. The molecule has 3 heterocycles. The van der Waals surface area contributed by atoms with Crippen molar-refractivity contribution in [2.24, 2.45) is 0 Å². The maximum Gasteiger partial charge on any atom is 0.191 e. The normalized spacial score (nSPS) is 11.2. The predicted octanol–water partition coefficient (Wildman–Crippen LogP) is 5.44. The van der Waals surface area contributed by atoms with Gasteiger partial charge in [-0.1, -0.05) is 48.2 Å². The zero-order valence-electron chi connectivity index (χ0n) is 18.7. The minimum atomic E-state index is 0.729. The second-order valence-corrected chi connectivity index (χ2v) is 8.81. The van der Waals surface area contributed by atoms with Gasteiger partial charge in [0.25, 0.3) is 0 Å². The number of imidazole rings is 1. The number of nitrogens with zero attached hydrogens (tertiary/aromatic N) is 5. The summed E-state index contributed by atoms with van der Waals surface area (Å²) in [6, 6.07) is 22.6. The summed E-state index contributed by atoms with van der Waals surface area (Å²) in [5, 5.41) is 9.99. The molecule has 0 N–H and O–H groups in total. The van der Waals surface area contributed by atoms with Gasteiger partial charge in [0.05, 0.1) is 12.8 Å². The van der Waals surface area contributed by atoms with Crippen LogP contribution >= 0.6 is 11.8 Å². The molecule has 5 rings (SSSR count). The molecule has 5 aromatic rings. The van der Waals surface area contributed by atoms with Crippen LogP contribution in [0.4, 0.5) is 0 Å². The fourth-order valence-corrected chi connectivity index (χ4v) is 4.70. The van der Waals surface area contributed by atoms with Gasteiger partial charge >= 0.3 is 0 Å². The summed E-state index contributed by atoms with van der Waals surface area (Å²) in [6.45, 7) is 2.88. The van der Waals surface area contributed by atoms with E-state index in [9.17, 15) is 0 Å². The molecule has 0 amide bonds. The fourth-order valence-electron chi connectivity index (χ4n) is 3.85. The van der Waals surface area contributed by atoms with Crippen molar-refractivity contribution >= 4 is 17.4 Å². The lowest BCUT2D eigenvalue weighted by Crippen LogP contribution is -2.05. The van der Waals surface area contributed by atoms with Gasteiger partial charge in [-0.3, -0.25) is 0 Å². The van der Waals surface area contributed by atoms with Crippen LogP contribution in [0, 0.1) is 6.92 Å². The Balaban J connectivity index is 1.42. The molecule has 0 saturated heterocycles. The summed E-state index contributed by atoms with van der Waals surface area (Å²) in [5.74, 6) is 2.42. The number of hydrogen-bond acceptors (Lipinski definition) is 5. The van der Waals surface area contributed by atoms with E-state index >= 15 is 0 Å². The molecule has 0 atom stereocenters. The van der Waals surface area contributed by atoms with E-state index in [4.69, 9.17) is 9.72 Å². The van der Waals surface area contributed by atoms with E-state index in [0.29, 0.717) is 0 Å². The molecular formula is C26H25N5OS. The first-order valence-corrected chi connectivity index (χ1v) is 11.9. The summed E-state index contributed by atoms with van der Waals surface area (Å²) in [6.07, 6.45) is 5.03. The zero-order valence-corrected chi connectivity index (χ0v) is 19.5. The van der Waals surface area contributed by atoms with E-state index in [1.165, 1.54) is 11.1 Å². The van der Waals surface area contributed by atoms with Crippen molar-refractivity contribution < 1.29 is 4.74 Å². The molecule has 166 valence electrons. The van der Waals surface area contributed by atoms with Crippen LogP contribution in [-0.2, 0) is 18.7 Å². The van der Waals surface area contributed by atoms with E-state index in [2.05, 4.69) is 62.6 Å². The Bertz CT molecular complexity index is 1360. The minimum absolute atomic E-state index is 0.729. The molecule has 7 heteroatoms. The molecule has 0 aliphatic heterocycles. The van der Waals surface area contributed by atoms with Gasteiger partial charge < -0.3 is 13.7 Å². The molecule has 0 unspecified atom stereocenters. The maximum atomic E-state index is 5.31. The first kappa shape index (κ1) is 21.3. The topological polar surface area (TPSA) is 57.2 Å². The van der Waals surface area contributed by atoms with Gasteiger partial charge in [-0.2, -0.15) is 0 Å². The summed E-state index contributed by atoms with van der Waals surface area (Å²) < 4.78 is 9.60. The lowest BCUT2D eigenvalue weighted by Gasteiger charge is -2.10. The Morgan fingerprint density at radius 1 is 0.939 bits per heavy atom. The molecular weight excluding hydrogens is 430 g/mol. The Morgan fingerprint density at radius 2 is 1.76 bits per heavy atom. The first-order chi connectivity index (χ1) is 16.2. The fraction of sp³-hybridized carbons (Fsp3) is 0.192. The largest absolute Gasteiger partial charge is 0.497 e. The summed E-state index contributed by atoms with van der Waals surface area (Å²) >= 11 is 1.67. The van der Waals surface area contributed by atoms with Crippen LogP contribution in [0.5, 0.6) is 5.75 Å². The summed E-state index contributed by atoms with van der Waals surface area (Å²) in [4.78, 5) is 4.81. The van der Waals surface area contributed by atoms with Gasteiger partial charge in [-0.15, -0.1) is 10.2 Å². The van der Waals surface area contributed by atoms with E-state index in [1.807, 2.05) is 42.6 Å². The van der Waals surface area contributed by atoms with Gasteiger partial charge in [0.2, 0.25) is 0 Å². The average molecular weight is 456 g/mol. The van der Waals surface area contributed by atoms with Crippen molar-refractivity contribution in [2.45, 2.75) is 30.8 Å². The Labute approximate surface area is 197 Å². The molecule has 6 nitrogen and oxygen atoms in total. The van der Waals surface area contributed by atoms with Gasteiger partial charge in [-0.05, 0) is 54.8 Å². The number of benzene rings is 2. The molecule has 0 aliphatic rings. The molecule has 3 aromatic heterocycles. The van der Waals surface area contributed by atoms with Gasteiger partial charge in [0.15, 0.2) is 11.0 Å². The summed E-state index contributed by atoms with van der Waals surface area (Å²) in [7, 11) is 1.67. The second-order valence-electron chi connectivity index (χ2n) is 7.86. The van der Waals surface area contributed by atoms with Crippen molar-refractivity contribution in [1.29, 1.82) is 0 Å². The van der Waals surface area contributed by atoms with Crippen LogP contribution in [0.25, 0.3) is 17.0 Å². The Kier molecular flexibility index (Phi) is 6.13. The number of fused-ring (bicyclic) bond motifs is 1. The third kappa shape index (κ3) is 4.64. The van der Waals surface area contributed by atoms with Crippen LogP contribution in [0.2, 0.25) is 0 Å². The number of ether oxygens (including phenoxy) is 1. The lowest BCUT2D eigenvalue weighted by atomic mass is 10.1. The Morgan fingerprint density at radius 3 is 2.52 bits per heavy atom. The Hall–Kier alpha value is -3.58. The van der Waals surface area contributed by atoms with Crippen LogP contribution in [-0.4, -0.2) is 31.3 Å². The number of aromatic nitrogens is 5.